The number of ketones is 2. The third kappa shape index (κ3) is 3.11. The predicted molar refractivity (Wildman–Crippen MR) is 129 cm³/mol. The third-order valence-corrected chi connectivity index (χ3v) is 8.43. The molecule has 0 radical (unpaired) electrons. The fourth-order valence-electron chi connectivity index (χ4n) is 6.53. The van der Waals surface area contributed by atoms with E-state index in [1.54, 1.807) is 20.9 Å². The lowest BCUT2D eigenvalue weighted by Gasteiger charge is -2.52. The van der Waals surface area contributed by atoms with Crippen LogP contribution < -0.4 is 10.1 Å². The van der Waals surface area contributed by atoms with Gasteiger partial charge in [-0.15, -0.1) is 0 Å². The molecular formula is C27H29NO10. The van der Waals surface area contributed by atoms with E-state index in [2.05, 4.69) is 5.32 Å². The fraction of sp³-hybridized carbons (Fsp3) is 0.481. The van der Waals surface area contributed by atoms with E-state index in [1.807, 2.05) is 0 Å². The first-order valence-corrected chi connectivity index (χ1v) is 12.4. The average molecular weight is 528 g/mol. The molecule has 11 heteroatoms. The summed E-state index contributed by atoms with van der Waals surface area (Å²) in [6, 6.07) is 1.83. The van der Waals surface area contributed by atoms with Crippen LogP contribution in [0, 0.1) is 0 Å². The Hall–Kier alpha value is -3.06. The van der Waals surface area contributed by atoms with Crippen LogP contribution in [0.2, 0.25) is 0 Å². The van der Waals surface area contributed by atoms with E-state index in [9.17, 15) is 35.1 Å². The Morgan fingerprint density at radius 2 is 1.79 bits per heavy atom. The van der Waals surface area contributed by atoms with Crippen molar-refractivity contribution < 1.29 is 49.3 Å². The summed E-state index contributed by atoms with van der Waals surface area (Å²) in [4.78, 5) is 27.8. The molecule has 38 heavy (non-hydrogen) atoms. The van der Waals surface area contributed by atoms with Crippen molar-refractivity contribution in [1.82, 2.24) is 5.32 Å². The van der Waals surface area contributed by atoms with Gasteiger partial charge in [-0.2, -0.15) is 0 Å². The van der Waals surface area contributed by atoms with Crippen LogP contribution in [0.5, 0.6) is 17.2 Å². The fourth-order valence-corrected chi connectivity index (χ4v) is 6.53. The molecule has 2 aliphatic carbocycles. The van der Waals surface area contributed by atoms with Gasteiger partial charge in [0, 0.05) is 36.6 Å². The first kappa shape index (κ1) is 25.2. The van der Waals surface area contributed by atoms with E-state index in [0.717, 1.165) is 0 Å². The number of aliphatic hydroxyl groups excluding tert-OH is 2. The molecule has 11 nitrogen and oxygen atoms in total. The smallest absolute Gasteiger partial charge is 0.228 e. The lowest BCUT2D eigenvalue weighted by atomic mass is 9.72. The molecule has 0 spiro atoms. The topological polar surface area (TPSA) is 175 Å². The zero-order chi connectivity index (χ0) is 27.5. The van der Waals surface area contributed by atoms with E-state index in [-0.39, 0.29) is 46.4 Å². The molecule has 6 N–H and O–H groups in total. The van der Waals surface area contributed by atoms with Crippen molar-refractivity contribution in [1.29, 1.82) is 0 Å². The van der Waals surface area contributed by atoms with Gasteiger partial charge < -0.3 is 45.1 Å². The maximum atomic E-state index is 14.0. The molecule has 4 aliphatic rings. The molecule has 0 aromatic heterocycles. The number of fused-ring (bicyclic) bond motifs is 8. The van der Waals surface area contributed by atoms with Crippen LogP contribution >= 0.6 is 0 Å². The Balaban J connectivity index is 1.59. The number of hydrogen-bond acceptors (Lipinski definition) is 11. The minimum Gasteiger partial charge on any atom is -0.507 e. The standard InChI is InChI=1S/C27H29NO10/c1-26(35)7-9-5-10-15(20(31)14(9)13(8-26)36-4)21(32)16-12(29)6-11-23(17(16)19(10)30)37-25-22(33)18(28-3)24(34)27(11,2)38-25/h5-6,13,18,22,24-25,28-29,31,33-35H,7-8H2,1-4H3/t13-,18-,22+,24-,25-,26+,27+/m1/s1. The number of benzene rings is 2. The van der Waals surface area contributed by atoms with Gasteiger partial charge in [-0.3, -0.25) is 9.59 Å². The van der Waals surface area contributed by atoms with Crippen molar-refractivity contribution in [2.24, 2.45) is 0 Å². The van der Waals surface area contributed by atoms with Crippen LogP contribution in [0.1, 0.15) is 74.9 Å². The number of aromatic hydroxyl groups is 2. The minimum atomic E-state index is -1.50. The van der Waals surface area contributed by atoms with E-state index < -0.39 is 64.9 Å². The quantitative estimate of drug-likeness (QED) is 0.274. The van der Waals surface area contributed by atoms with Gasteiger partial charge in [-0.05, 0) is 38.6 Å². The number of hydrogen-bond donors (Lipinski definition) is 6. The van der Waals surface area contributed by atoms with E-state index >= 15 is 0 Å². The van der Waals surface area contributed by atoms with Crippen LogP contribution in [-0.2, 0) is 21.5 Å². The number of nitrogens with one attached hydrogen (secondary N) is 1. The van der Waals surface area contributed by atoms with Crippen molar-refractivity contribution in [3.8, 4) is 17.2 Å². The highest BCUT2D eigenvalue weighted by molar-refractivity contribution is 6.31. The summed E-state index contributed by atoms with van der Waals surface area (Å²) in [5.41, 5.74) is -2.74. The van der Waals surface area contributed by atoms with Crippen LogP contribution in [-0.4, -0.2) is 81.4 Å². The summed E-state index contributed by atoms with van der Waals surface area (Å²) in [6.07, 6.45) is -4.32. The molecule has 2 aromatic rings. The Kier molecular flexibility index (Phi) is 5.30. The molecule has 2 aromatic carbocycles. The second-order valence-electron chi connectivity index (χ2n) is 11.0. The maximum absolute atomic E-state index is 14.0. The Labute approximate surface area is 217 Å². The molecule has 6 rings (SSSR count). The molecule has 2 heterocycles. The number of aliphatic hydroxyl groups is 3. The number of rotatable bonds is 2. The highest BCUT2D eigenvalue weighted by Crippen LogP contribution is 2.54. The number of phenols is 2. The van der Waals surface area contributed by atoms with Gasteiger partial charge >= 0.3 is 0 Å². The summed E-state index contributed by atoms with van der Waals surface area (Å²) in [6.45, 7) is 3.17. The monoisotopic (exact) mass is 527 g/mol. The number of methoxy groups -OCH3 is 1. The number of ether oxygens (including phenoxy) is 3. The van der Waals surface area contributed by atoms with Crippen molar-refractivity contribution in [2.75, 3.05) is 14.2 Å². The summed E-state index contributed by atoms with van der Waals surface area (Å²) in [5.74, 6) is -2.56. The van der Waals surface area contributed by atoms with Crippen LogP contribution in [0.3, 0.4) is 0 Å². The number of likely N-dealkylation sites (N-methyl/N-ethyl adjacent to an activating group) is 1. The predicted octanol–water partition coefficient (Wildman–Crippen LogP) is 0.532. The van der Waals surface area contributed by atoms with Crippen molar-refractivity contribution in [3.63, 3.8) is 0 Å². The van der Waals surface area contributed by atoms with Crippen LogP contribution in [0.15, 0.2) is 12.1 Å². The van der Waals surface area contributed by atoms with Gasteiger partial charge in [0.05, 0.1) is 34.4 Å². The van der Waals surface area contributed by atoms with Gasteiger partial charge in [0.25, 0.3) is 0 Å². The SMILES string of the molecule is CN[C@@H]1[C@H](O)[C@@H]2Oc3c(cc(O)c4c3C(=O)c3cc5c(c(O)c3C4=O)[C@H](OC)C[C@@](C)(O)C5)[C@](C)(O2)[C@@H]1O. The number of phenolic OH excluding ortho intramolecular Hbond substituents is 2. The molecular weight excluding hydrogens is 498 g/mol. The lowest BCUT2D eigenvalue weighted by molar-refractivity contribution is -0.302. The maximum Gasteiger partial charge on any atom is 0.228 e. The molecule has 1 fully saturated rings. The molecule has 0 amide bonds. The van der Waals surface area contributed by atoms with Gasteiger partial charge in [0.15, 0.2) is 5.78 Å². The third-order valence-electron chi connectivity index (χ3n) is 8.43. The zero-order valence-electron chi connectivity index (χ0n) is 21.2. The highest BCUT2D eigenvalue weighted by atomic mass is 16.7. The first-order chi connectivity index (χ1) is 17.8. The number of carbonyl (C=O) groups excluding carboxylic acids is 2. The summed E-state index contributed by atoms with van der Waals surface area (Å²) < 4.78 is 17.3. The van der Waals surface area contributed by atoms with Gasteiger partial charge in [0.2, 0.25) is 12.1 Å². The summed E-state index contributed by atoms with van der Waals surface area (Å²) >= 11 is 0. The molecule has 0 saturated carbocycles. The minimum absolute atomic E-state index is 0.0906. The Morgan fingerprint density at radius 1 is 1.08 bits per heavy atom. The highest BCUT2D eigenvalue weighted by Gasteiger charge is 2.58. The van der Waals surface area contributed by atoms with Gasteiger partial charge in [-0.1, -0.05) is 0 Å². The molecule has 2 aliphatic heterocycles. The Morgan fingerprint density at radius 3 is 2.45 bits per heavy atom. The molecule has 1 saturated heterocycles. The van der Waals surface area contributed by atoms with E-state index in [0.29, 0.717) is 11.1 Å². The molecule has 7 atom stereocenters. The Bertz CT molecular complexity index is 1420. The van der Waals surface area contributed by atoms with E-state index in [1.165, 1.54) is 19.2 Å². The van der Waals surface area contributed by atoms with Crippen LogP contribution in [0.4, 0.5) is 0 Å². The molecule has 2 bridgehead atoms. The van der Waals surface area contributed by atoms with Gasteiger partial charge in [-0.25, -0.2) is 0 Å². The number of carbonyl (C=O) groups is 2. The largest absolute Gasteiger partial charge is 0.507 e. The van der Waals surface area contributed by atoms with Gasteiger partial charge in [0.1, 0.15) is 35.1 Å². The first-order valence-electron chi connectivity index (χ1n) is 12.4. The van der Waals surface area contributed by atoms with Crippen molar-refractivity contribution in [2.45, 2.75) is 68.5 Å². The summed E-state index contributed by atoms with van der Waals surface area (Å²) in [5, 5.41) is 57.7. The van der Waals surface area contributed by atoms with Crippen molar-refractivity contribution >= 4 is 11.6 Å². The lowest BCUT2D eigenvalue weighted by Crippen LogP contribution is -2.68. The van der Waals surface area contributed by atoms with Crippen LogP contribution in [0.25, 0.3) is 0 Å². The summed E-state index contributed by atoms with van der Waals surface area (Å²) in [7, 11) is 2.98. The average Bonchev–Trinajstić information content (AvgIpc) is 2.85. The normalized spacial score (nSPS) is 35.1. The van der Waals surface area contributed by atoms with Crippen molar-refractivity contribution in [3.05, 3.63) is 51.1 Å². The second-order valence-corrected chi connectivity index (χ2v) is 11.0. The second kappa shape index (κ2) is 7.98. The zero-order valence-corrected chi connectivity index (χ0v) is 21.2. The van der Waals surface area contributed by atoms with E-state index in [4.69, 9.17) is 14.2 Å². The molecule has 0 unspecified atom stereocenters. The molecule has 202 valence electrons.